The van der Waals surface area contributed by atoms with Crippen LogP contribution in [0.2, 0.25) is 0 Å². The Hall–Kier alpha value is -1.82. The van der Waals surface area contributed by atoms with Crippen LogP contribution in [0, 0.1) is 0 Å². The van der Waals surface area contributed by atoms with E-state index in [0.717, 1.165) is 34.8 Å². The van der Waals surface area contributed by atoms with E-state index in [-0.39, 0.29) is 11.6 Å². The number of hydrogen-bond acceptors (Lipinski definition) is 5. The number of fused-ring (bicyclic) bond motifs is 1. The van der Waals surface area contributed by atoms with Crippen LogP contribution >= 0.6 is 11.8 Å². The minimum absolute atomic E-state index is 0.0767. The van der Waals surface area contributed by atoms with Crippen LogP contribution in [0.5, 0.6) is 0 Å². The molecule has 0 spiro atoms. The van der Waals surface area contributed by atoms with Gasteiger partial charge in [0.05, 0.1) is 17.6 Å². The molecule has 0 saturated heterocycles. The molecule has 1 N–H and O–H groups in total. The Morgan fingerprint density at radius 1 is 1.36 bits per heavy atom. The first-order valence-electron chi connectivity index (χ1n) is 9.15. The van der Waals surface area contributed by atoms with Gasteiger partial charge in [-0.05, 0) is 32.6 Å². The van der Waals surface area contributed by atoms with Crippen LogP contribution in [0.3, 0.4) is 0 Å². The second kappa shape index (κ2) is 6.83. The minimum atomic E-state index is 0.0767. The van der Waals surface area contributed by atoms with E-state index >= 15 is 0 Å². The van der Waals surface area contributed by atoms with E-state index in [9.17, 15) is 4.79 Å². The summed E-state index contributed by atoms with van der Waals surface area (Å²) in [4.78, 5) is 22.9. The second-order valence-corrected chi connectivity index (χ2v) is 8.06. The molecule has 2 heterocycles. The van der Waals surface area contributed by atoms with E-state index in [1.807, 2.05) is 4.57 Å². The number of rotatable bonds is 4. The summed E-state index contributed by atoms with van der Waals surface area (Å²) < 4.78 is 1.85. The van der Waals surface area contributed by atoms with Crippen LogP contribution in [0.4, 0.5) is 0 Å². The van der Waals surface area contributed by atoms with Gasteiger partial charge in [0.1, 0.15) is 9.94 Å². The Kier molecular flexibility index (Phi) is 4.54. The van der Waals surface area contributed by atoms with Gasteiger partial charge in [-0.25, -0.2) is 9.98 Å². The highest BCUT2D eigenvalue weighted by Crippen LogP contribution is 2.40. The molecule has 5 nitrogen and oxygen atoms in total. The van der Waals surface area contributed by atoms with Crippen molar-refractivity contribution in [3.05, 3.63) is 40.9 Å². The summed E-state index contributed by atoms with van der Waals surface area (Å²) >= 11 is 1.43. The maximum absolute atomic E-state index is 13.1. The predicted octanol–water partition coefficient (Wildman–Crippen LogP) is 3.88. The smallest absolute Gasteiger partial charge is 0.268 e. The van der Waals surface area contributed by atoms with E-state index in [4.69, 9.17) is 0 Å². The molecule has 0 radical (unpaired) electrons. The van der Waals surface area contributed by atoms with E-state index in [2.05, 4.69) is 28.8 Å². The van der Waals surface area contributed by atoms with Gasteiger partial charge < -0.3 is 5.32 Å². The topological polar surface area (TPSA) is 59.3 Å². The molecular formula is C19H24N4OS. The molecule has 0 atom stereocenters. The lowest BCUT2D eigenvalue weighted by atomic mass is 9.95. The zero-order chi connectivity index (χ0) is 17.4. The average molecular weight is 356 g/mol. The fraction of sp³-hybridized carbons (Fsp3) is 0.526. The molecular weight excluding hydrogens is 332 g/mol. The summed E-state index contributed by atoms with van der Waals surface area (Å²) in [7, 11) is 0. The molecule has 25 heavy (non-hydrogen) atoms. The van der Waals surface area contributed by atoms with Crippen LogP contribution in [0.25, 0.3) is 5.57 Å². The van der Waals surface area contributed by atoms with E-state index in [1.54, 1.807) is 6.33 Å². The first kappa shape index (κ1) is 16.6. The highest BCUT2D eigenvalue weighted by atomic mass is 32.2. The number of nitrogens with one attached hydrogen (secondary N) is 1. The molecule has 0 bridgehead atoms. The first-order valence-corrected chi connectivity index (χ1v) is 9.96. The Morgan fingerprint density at radius 2 is 2.12 bits per heavy atom. The molecule has 4 rings (SSSR count). The lowest BCUT2D eigenvalue weighted by Crippen LogP contribution is -2.28. The van der Waals surface area contributed by atoms with Gasteiger partial charge in [0.15, 0.2) is 0 Å². The lowest BCUT2D eigenvalue weighted by molar-refractivity contribution is 0.341. The molecule has 2 saturated carbocycles. The van der Waals surface area contributed by atoms with Crippen LogP contribution < -0.4 is 10.9 Å². The molecule has 1 aromatic heterocycles. The predicted molar refractivity (Wildman–Crippen MR) is 103 cm³/mol. The molecule has 0 amide bonds. The summed E-state index contributed by atoms with van der Waals surface area (Å²) in [6, 6.07) is 0.840. The number of aromatic nitrogens is 2. The van der Waals surface area contributed by atoms with Gasteiger partial charge in [-0.2, -0.15) is 0 Å². The summed E-state index contributed by atoms with van der Waals surface area (Å²) in [5.74, 6) is 0. The van der Waals surface area contributed by atoms with Gasteiger partial charge in [0, 0.05) is 24.0 Å². The van der Waals surface area contributed by atoms with Crippen molar-refractivity contribution < 1.29 is 0 Å². The fourth-order valence-corrected chi connectivity index (χ4v) is 4.82. The lowest BCUT2D eigenvalue weighted by Gasteiger charge is -2.23. The molecule has 0 aromatic carbocycles. The fourth-order valence-electron chi connectivity index (χ4n) is 3.71. The van der Waals surface area contributed by atoms with E-state index in [0.29, 0.717) is 10.9 Å². The Morgan fingerprint density at radius 3 is 2.80 bits per heavy atom. The van der Waals surface area contributed by atoms with E-state index in [1.165, 1.54) is 50.1 Å². The van der Waals surface area contributed by atoms with Gasteiger partial charge in [-0.1, -0.05) is 37.6 Å². The molecule has 2 aliphatic carbocycles. The van der Waals surface area contributed by atoms with Gasteiger partial charge >= 0.3 is 0 Å². The second-order valence-electron chi connectivity index (χ2n) is 7.06. The Balaban J connectivity index is 1.77. The van der Waals surface area contributed by atoms with Crippen molar-refractivity contribution >= 4 is 22.4 Å². The summed E-state index contributed by atoms with van der Waals surface area (Å²) in [6.07, 6.45) is 11.5. The minimum Gasteiger partial charge on any atom is -0.385 e. The third-order valence-electron chi connectivity index (χ3n) is 5.15. The van der Waals surface area contributed by atoms with Gasteiger partial charge in [-0.15, -0.1) is 0 Å². The number of allylic oxidation sites excluding steroid dienone is 1. The number of nitrogens with zero attached hydrogens (tertiary/aromatic N) is 3. The van der Waals surface area contributed by atoms with Crippen LogP contribution in [-0.2, 0) is 0 Å². The first-order chi connectivity index (χ1) is 12.2. The standard InChI is InChI=1S/C19H24N4OS/c1-3-20-18-15(12(2)22-13-9-10-13)16-17(25-18)19(24)23(11-21-16)14-7-5-4-6-8-14/h3,11,13-14,22H,1,4-10H2,2H3/b15-12+,20-18+. The summed E-state index contributed by atoms with van der Waals surface area (Å²) in [6.45, 7) is 5.77. The van der Waals surface area contributed by atoms with Crippen molar-refractivity contribution in [1.82, 2.24) is 14.9 Å². The van der Waals surface area contributed by atoms with Gasteiger partial charge in [0.25, 0.3) is 5.56 Å². The zero-order valence-corrected chi connectivity index (χ0v) is 15.4. The Labute approximate surface area is 152 Å². The molecule has 132 valence electrons. The third-order valence-corrected chi connectivity index (χ3v) is 6.23. The van der Waals surface area contributed by atoms with Crippen LogP contribution in [-0.4, -0.2) is 20.6 Å². The van der Waals surface area contributed by atoms with Crippen molar-refractivity contribution in [3.63, 3.8) is 0 Å². The maximum atomic E-state index is 13.1. The molecule has 6 heteroatoms. The number of hydrogen-bond donors (Lipinski definition) is 1. The maximum Gasteiger partial charge on any atom is 0.268 e. The largest absolute Gasteiger partial charge is 0.385 e. The van der Waals surface area contributed by atoms with Gasteiger partial charge in [0.2, 0.25) is 0 Å². The highest BCUT2D eigenvalue weighted by Gasteiger charge is 2.33. The Bertz CT molecular complexity index is 813. The quantitative estimate of drug-likeness (QED) is 0.889. The van der Waals surface area contributed by atoms with Gasteiger partial charge in [-0.3, -0.25) is 9.36 Å². The molecule has 1 aliphatic heterocycles. The number of aliphatic imine (C=N–C) groups is 1. The summed E-state index contributed by atoms with van der Waals surface area (Å²) in [5.41, 5.74) is 2.86. The van der Waals surface area contributed by atoms with Crippen molar-refractivity contribution in [1.29, 1.82) is 0 Å². The average Bonchev–Trinajstić information content (AvgIpc) is 3.35. The monoisotopic (exact) mass is 356 g/mol. The van der Waals surface area contributed by atoms with Crippen molar-refractivity contribution in [2.45, 2.75) is 68.8 Å². The third kappa shape index (κ3) is 3.19. The zero-order valence-electron chi connectivity index (χ0n) is 14.6. The molecule has 0 unspecified atom stereocenters. The highest BCUT2D eigenvalue weighted by molar-refractivity contribution is 8.15. The summed E-state index contributed by atoms with van der Waals surface area (Å²) in [5, 5.41) is 4.35. The molecule has 3 aliphatic rings. The molecule has 1 aromatic rings. The van der Waals surface area contributed by atoms with Crippen molar-refractivity contribution in [3.8, 4) is 0 Å². The molecule has 2 fully saturated rings. The van der Waals surface area contributed by atoms with Crippen molar-refractivity contribution in [2.24, 2.45) is 4.99 Å². The normalized spacial score (nSPS) is 24.3. The number of thioether (sulfide) groups is 1. The van der Waals surface area contributed by atoms with Crippen molar-refractivity contribution in [2.75, 3.05) is 0 Å². The van der Waals surface area contributed by atoms with Crippen LogP contribution in [0.1, 0.15) is 63.6 Å². The SMILES string of the molecule is C=C/N=C1/Sc2c(ncn(C3CCCCC3)c2=O)/C1=C(/C)NC1CC1. The van der Waals surface area contributed by atoms with E-state index < -0.39 is 0 Å². The van der Waals surface area contributed by atoms with Crippen LogP contribution in [0.15, 0.2) is 39.5 Å².